The molecule has 2 aromatic rings. The molecule has 0 spiro atoms. The molecule has 2 heteroatoms. The Labute approximate surface area is 164 Å². The van der Waals surface area contributed by atoms with Gasteiger partial charge in [-0.05, 0) is 68.0 Å². The van der Waals surface area contributed by atoms with E-state index >= 15 is 0 Å². The van der Waals surface area contributed by atoms with Crippen molar-refractivity contribution in [2.75, 3.05) is 6.61 Å². The summed E-state index contributed by atoms with van der Waals surface area (Å²) >= 11 is 0. The fourth-order valence-electron chi connectivity index (χ4n) is 2.93. The van der Waals surface area contributed by atoms with E-state index < -0.39 is 0 Å². The Bertz CT molecular complexity index is 770. The summed E-state index contributed by atoms with van der Waals surface area (Å²) in [7, 11) is 0. The molecular formula is C25H32O2. The van der Waals surface area contributed by atoms with E-state index in [1.54, 1.807) is 0 Å². The number of hydrogen-bond acceptors (Lipinski definition) is 2. The summed E-state index contributed by atoms with van der Waals surface area (Å²) in [6.45, 7) is 13.2. The van der Waals surface area contributed by atoms with E-state index in [4.69, 9.17) is 9.47 Å². The zero-order valence-corrected chi connectivity index (χ0v) is 17.5. The Morgan fingerprint density at radius 1 is 0.963 bits per heavy atom. The van der Waals surface area contributed by atoms with E-state index in [9.17, 15) is 0 Å². The lowest BCUT2D eigenvalue weighted by Crippen LogP contribution is -2.16. The Kier molecular flexibility index (Phi) is 7.51. The van der Waals surface area contributed by atoms with Gasteiger partial charge in [0.1, 0.15) is 12.4 Å². The van der Waals surface area contributed by atoms with E-state index in [-0.39, 0.29) is 17.6 Å². The van der Waals surface area contributed by atoms with Crippen molar-refractivity contribution in [2.24, 2.45) is 0 Å². The number of rotatable bonds is 6. The quantitative estimate of drug-likeness (QED) is 0.606. The van der Waals surface area contributed by atoms with Gasteiger partial charge in [0, 0.05) is 5.56 Å². The van der Waals surface area contributed by atoms with Crippen LogP contribution in [-0.2, 0) is 16.6 Å². The summed E-state index contributed by atoms with van der Waals surface area (Å²) in [4.78, 5) is 0. The third-order valence-corrected chi connectivity index (χ3v) is 4.22. The summed E-state index contributed by atoms with van der Waals surface area (Å²) < 4.78 is 11.6. The van der Waals surface area contributed by atoms with E-state index in [1.807, 2.05) is 24.3 Å². The van der Waals surface area contributed by atoms with Crippen molar-refractivity contribution in [3.8, 4) is 17.6 Å². The summed E-state index contributed by atoms with van der Waals surface area (Å²) in [5, 5.41) is 0. The molecule has 1 unspecified atom stereocenters. The fraction of sp³-hybridized carbons (Fsp3) is 0.440. The molecule has 0 aliphatic rings. The summed E-state index contributed by atoms with van der Waals surface area (Å²) in [6, 6.07) is 16.6. The molecule has 27 heavy (non-hydrogen) atoms. The second-order valence-electron chi connectivity index (χ2n) is 8.26. The van der Waals surface area contributed by atoms with Crippen molar-refractivity contribution < 1.29 is 9.47 Å². The highest BCUT2D eigenvalue weighted by atomic mass is 16.5. The molecule has 0 N–H and O–H groups in total. The maximum Gasteiger partial charge on any atom is 0.149 e. The average molecular weight is 365 g/mol. The van der Waals surface area contributed by atoms with Crippen LogP contribution >= 0.6 is 0 Å². The van der Waals surface area contributed by atoms with Crippen LogP contribution < -0.4 is 4.74 Å². The molecule has 0 saturated carbocycles. The molecule has 0 aliphatic heterocycles. The van der Waals surface area contributed by atoms with Gasteiger partial charge < -0.3 is 9.47 Å². The monoisotopic (exact) mass is 364 g/mol. The Hall–Kier alpha value is -2.24. The van der Waals surface area contributed by atoms with Crippen molar-refractivity contribution in [3.05, 3.63) is 65.2 Å². The first kappa shape index (κ1) is 21.1. The maximum absolute atomic E-state index is 5.81. The lowest BCUT2D eigenvalue weighted by atomic mass is 9.87. The largest absolute Gasteiger partial charge is 0.481 e. The van der Waals surface area contributed by atoms with Crippen molar-refractivity contribution in [1.29, 1.82) is 0 Å². The van der Waals surface area contributed by atoms with Crippen LogP contribution in [0.1, 0.15) is 58.2 Å². The molecule has 0 heterocycles. The van der Waals surface area contributed by atoms with Crippen LogP contribution in [0.25, 0.3) is 0 Å². The van der Waals surface area contributed by atoms with E-state index in [0.29, 0.717) is 6.61 Å². The highest BCUT2D eigenvalue weighted by Gasteiger charge is 2.12. The molecule has 0 amide bonds. The van der Waals surface area contributed by atoms with Crippen LogP contribution in [0, 0.1) is 11.8 Å². The molecule has 0 bridgehead atoms. The summed E-state index contributed by atoms with van der Waals surface area (Å²) in [6.07, 6.45) is 1.34. The number of hydrogen-bond donors (Lipinski definition) is 0. The molecule has 2 nitrogen and oxygen atoms in total. The van der Waals surface area contributed by atoms with Crippen LogP contribution in [0.5, 0.6) is 5.75 Å². The Morgan fingerprint density at radius 2 is 1.67 bits per heavy atom. The third kappa shape index (κ3) is 7.49. The van der Waals surface area contributed by atoms with Crippen molar-refractivity contribution >= 4 is 0 Å². The third-order valence-electron chi connectivity index (χ3n) is 4.22. The minimum atomic E-state index is 0.154. The van der Waals surface area contributed by atoms with E-state index in [2.05, 4.69) is 77.6 Å². The van der Waals surface area contributed by atoms with Gasteiger partial charge in [0.15, 0.2) is 0 Å². The first-order valence-electron chi connectivity index (χ1n) is 9.70. The predicted molar refractivity (Wildman–Crippen MR) is 113 cm³/mol. The van der Waals surface area contributed by atoms with Crippen molar-refractivity contribution in [1.82, 2.24) is 0 Å². The molecule has 0 saturated heterocycles. The van der Waals surface area contributed by atoms with Crippen molar-refractivity contribution in [2.45, 2.75) is 65.6 Å². The standard InChI is InChI=1S/C25H32O2/c1-19(2)27-20(3)17-22-10-7-9-21(18-22)11-8-16-26-24-14-12-23(13-15-24)25(4,5)6/h7,9-10,12-15,18-20H,16-17H2,1-6H3. The fourth-order valence-corrected chi connectivity index (χ4v) is 2.93. The lowest BCUT2D eigenvalue weighted by Gasteiger charge is -2.18. The zero-order valence-electron chi connectivity index (χ0n) is 17.5. The van der Waals surface area contributed by atoms with Gasteiger partial charge in [-0.15, -0.1) is 0 Å². The molecule has 0 aromatic heterocycles. The number of ether oxygens (including phenoxy) is 2. The van der Waals surface area contributed by atoms with E-state index in [1.165, 1.54) is 11.1 Å². The smallest absolute Gasteiger partial charge is 0.149 e. The first-order valence-corrected chi connectivity index (χ1v) is 9.70. The van der Waals surface area contributed by atoms with Gasteiger partial charge in [-0.3, -0.25) is 0 Å². The molecule has 0 radical (unpaired) electrons. The predicted octanol–water partition coefficient (Wildman–Crippen LogP) is 5.77. The minimum absolute atomic E-state index is 0.154. The molecule has 2 aromatic carbocycles. The van der Waals surface area contributed by atoms with Crippen LogP contribution in [0.2, 0.25) is 0 Å². The summed E-state index contributed by atoms with van der Waals surface area (Å²) in [5.41, 5.74) is 3.71. The molecule has 2 rings (SSSR count). The molecular weight excluding hydrogens is 332 g/mol. The van der Waals surface area contributed by atoms with Gasteiger partial charge in [-0.25, -0.2) is 0 Å². The second kappa shape index (κ2) is 9.62. The van der Waals surface area contributed by atoms with Crippen LogP contribution in [0.4, 0.5) is 0 Å². The van der Waals surface area contributed by atoms with Gasteiger partial charge in [-0.2, -0.15) is 0 Å². The van der Waals surface area contributed by atoms with Crippen LogP contribution in [0.3, 0.4) is 0 Å². The Morgan fingerprint density at radius 3 is 2.30 bits per heavy atom. The van der Waals surface area contributed by atoms with Gasteiger partial charge in [0.05, 0.1) is 12.2 Å². The van der Waals surface area contributed by atoms with E-state index in [0.717, 1.165) is 17.7 Å². The Balaban J connectivity index is 1.89. The SMILES string of the molecule is CC(C)OC(C)Cc1cccc(C#CCOc2ccc(C(C)(C)C)cc2)c1. The lowest BCUT2D eigenvalue weighted by molar-refractivity contribution is 0.0195. The zero-order chi connectivity index (χ0) is 19.9. The van der Waals surface area contributed by atoms with Gasteiger partial charge in [0.2, 0.25) is 0 Å². The number of benzene rings is 2. The molecule has 0 fully saturated rings. The van der Waals surface area contributed by atoms with Gasteiger partial charge in [0.25, 0.3) is 0 Å². The van der Waals surface area contributed by atoms with Crippen LogP contribution in [-0.4, -0.2) is 18.8 Å². The molecule has 0 aliphatic carbocycles. The van der Waals surface area contributed by atoms with Crippen LogP contribution in [0.15, 0.2) is 48.5 Å². The van der Waals surface area contributed by atoms with Crippen molar-refractivity contribution in [3.63, 3.8) is 0 Å². The normalized spacial score (nSPS) is 12.4. The molecule has 1 atom stereocenters. The topological polar surface area (TPSA) is 18.5 Å². The van der Waals surface area contributed by atoms with Gasteiger partial charge in [-0.1, -0.05) is 56.9 Å². The second-order valence-corrected chi connectivity index (χ2v) is 8.26. The highest BCUT2D eigenvalue weighted by Crippen LogP contribution is 2.24. The maximum atomic E-state index is 5.81. The average Bonchev–Trinajstić information content (AvgIpc) is 2.58. The van der Waals surface area contributed by atoms with Gasteiger partial charge >= 0.3 is 0 Å². The highest BCUT2D eigenvalue weighted by molar-refractivity contribution is 5.38. The summed E-state index contributed by atoms with van der Waals surface area (Å²) in [5.74, 6) is 7.15. The molecule has 144 valence electrons. The first-order chi connectivity index (χ1) is 12.7. The minimum Gasteiger partial charge on any atom is -0.481 e.